The van der Waals surface area contributed by atoms with Gasteiger partial charge in [-0.1, -0.05) is 40.0 Å². The Balaban J connectivity index is 1.53. The predicted molar refractivity (Wildman–Crippen MR) is 287 cm³/mol. The number of nitrogens with one attached hydrogen (secondary N) is 10. The van der Waals surface area contributed by atoms with E-state index in [1.54, 1.807) is 34.6 Å². The van der Waals surface area contributed by atoms with Crippen molar-refractivity contribution in [2.24, 2.45) is 17.6 Å². The van der Waals surface area contributed by atoms with Gasteiger partial charge in [-0.25, -0.2) is 9.59 Å². The highest BCUT2D eigenvalue weighted by atomic mass is 32.2. The number of aromatic hydroxyl groups is 1. The standard InChI is InChI=1S/C51H76N12O17S/c1-7-25(2)40-45(73)56-20-38(68)57-34-24-81(78)47-30(29-13-12-27(64)16-31(29)60-47)18-32(42(70)55-21-39(69)61-40)58-46(74)41(62-44(72)35-17-28(65)22-63(35)48(75)33(19-37(52)67)59-43(34)71)26(3)36(66)23-79-49(76)53-14-10-8-9-11-15-54-50(77)80-51(4,5)6/h12-13,16,25-26,28,32-36,40-41,60,64-66H,7-11,14-15,17-24H2,1-6H3,(H2,52,67)(H,53,76)(H,54,77)(H,55,70)(H,56,73)(H,57,68)(H,58,74)(H,59,71)(H,61,69)(H,62,72)/t25-,26-,28?,32?,33-,34?,35-,36-,40-,41-,81+/m0/s1. The van der Waals surface area contributed by atoms with Crippen LogP contribution < -0.4 is 53.6 Å². The summed E-state index contributed by atoms with van der Waals surface area (Å²) in [5.74, 6) is -12.5. The first-order valence-corrected chi connectivity index (χ1v) is 28.1. The molecule has 1 aromatic heterocycles. The van der Waals surface area contributed by atoms with Crippen LogP contribution in [0.15, 0.2) is 23.2 Å². The molecule has 30 heteroatoms. The molecule has 15 N–H and O–H groups in total. The van der Waals surface area contributed by atoms with Gasteiger partial charge in [-0.3, -0.25) is 43.2 Å². The first kappa shape index (κ1) is 64.4. The molecule has 5 rings (SSSR count). The number of ether oxygens (including phenoxy) is 2. The molecule has 11 atom stereocenters. The van der Waals surface area contributed by atoms with Crippen LogP contribution in [-0.4, -0.2) is 194 Å². The largest absolute Gasteiger partial charge is 0.610 e. The van der Waals surface area contributed by atoms with Gasteiger partial charge in [0.1, 0.15) is 53.9 Å². The number of primary amides is 1. The molecule has 1 aromatic carbocycles. The van der Waals surface area contributed by atoms with Gasteiger partial charge < -0.3 is 92.8 Å². The zero-order valence-electron chi connectivity index (χ0n) is 46.1. The second-order valence-electron chi connectivity index (χ2n) is 21.3. The average Bonchev–Trinajstić information content (AvgIpc) is 4.20. The van der Waals surface area contributed by atoms with Crippen molar-refractivity contribution < 1.29 is 82.1 Å². The molecule has 448 valence electrons. The number of carbonyl (C=O) groups excluding carboxylic acids is 11. The van der Waals surface area contributed by atoms with Gasteiger partial charge in [0.15, 0.2) is 6.04 Å². The van der Waals surface area contributed by atoms with Crippen molar-refractivity contribution in [1.29, 1.82) is 0 Å². The first-order chi connectivity index (χ1) is 38.1. The van der Waals surface area contributed by atoms with Gasteiger partial charge in [0, 0.05) is 66.6 Å². The number of phenols is 1. The summed E-state index contributed by atoms with van der Waals surface area (Å²) in [4.78, 5) is 155. The molecule has 3 aliphatic heterocycles. The average molecular weight is 1160 g/mol. The highest BCUT2D eigenvalue weighted by Crippen LogP contribution is 2.31. The Bertz CT molecular complexity index is 2650. The number of phenolic OH excluding ortho intramolecular Hbond substituents is 1. The Kier molecular flexibility index (Phi) is 23.3. The number of aromatic nitrogens is 1. The Morgan fingerprint density at radius 1 is 0.827 bits per heavy atom. The summed E-state index contributed by atoms with van der Waals surface area (Å²) >= 11 is -2.43. The molecular formula is C51H76N12O17S. The SMILES string of the molecule is CC[C@H](C)[C@@H]1NC(=O)CNC(=O)C2Cc3c([nH]c4cc(O)ccc34)[S@+]([O-])CC(NC(=O)CNC1=O)C(=O)N[C@@H](CC(N)=O)C(=O)N1CC(O)C[C@H]1C(=O)N[C@@H]([C@@H](C)[C@@H](O)COC(=O)NCCCCCCNC(=O)OC(C)(C)C)C(=O)N2. The van der Waals surface area contributed by atoms with E-state index in [2.05, 4.69) is 52.8 Å². The van der Waals surface area contributed by atoms with Crippen molar-refractivity contribution >= 4 is 87.4 Å². The maximum absolute atomic E-state index is 14.9. The lowest BCUT2D eigenvalue weighted by Crippen LogP contribution is -2.62. The van der Waals surface area contributed by atoms with Gasteiger partial charge in [0.2, 0.25) is 58.2 Å². The lowest BCUT2D eigenvalue weighted by Gasteiger charge is -2.33. The van der Waals surface area contributed by atoms with Crippen LogP contribution in [-0.2, 0) is 70.2 Å². The van der Waals surface area contributed by atoms with Crippen LogP contribution in [0, 0.1) is 11.8 Å². The number of nitrogens with zero attached hydrogens (tertiary/aromatic N) is 1. The number of nitrogens with two attached hydrogens (primary N) is 1. The number of H-pyrrole nitrogens is 1. The number of rotatable bonds is 15. The van der Waals surface area contributed by atoms with E-state index in [1.807, 2.05) is 0 Å². The highest BCUT2D eigenvalue weighted by Gasteiger charge is 2.45. The van der Waals surface area contributed by atoms with Gasteiger partial charge in [-0.2, -0.15) is 0 Å². The van der Waals surface area contributed by atoms with Crippen LogP contribution in [0.3, 0.4) is 0 Å². The minimum absolute atomic E-state index is 0.0469. The number of aliphatic hydroxyl groups is 2. The third-order valence-electron chi connectivity index (χ3n) is 13.8. The fraction of sp³-hybridized carbons (Fsp3) is 0.627. The number of benzene rings is 1. The molecule has 0 aliphatic carbocycles. The molecule has 29 nitrogen and oxygen atoms in total. The molecule has 81 heavy (non-hydrogen) atoms. The van der Waals surface area contributed by atoms with E-state index in [0.29, 0.717) is 38.6 Å². The van der Waals surface area contributed by atoms with Gasteiger partial charge >= 0.3 is 12.2 Å². The zero-order chi connectivity index (χ0) is 59.9. The minimum atomic E-state index is -2.43. The predicted octanol–water partition coefficient (Wildman–Crippen LogP) is -3.10. The van der Waals surface area contributed by atoms with Crippen LogP contribution in [0.2, 0.25) is 0 Å². The molecule has 2 aromatic rings. The van der Waals surface area contributed by atoms with Crippen LogP contribution >= 0.6 is 0 Å². The molecule has 0 radical (unpaired) electrons. The van der Waals surface area contributed by atoms with Crippen LogP contribution in [0.25, 0.3) is 10.9 Å². The quantitative estimate of drug-likeness (QED) is 0.0620. The molecule has 3 unspecified atom stereocenters. The maximum Gasteiger partial charge on any atom is 0.407 e. The highest BCUT2D eigenvalue weighted by molar-refractivity contribution is 7.91. The first-order valence-electron chi connectivity index (χ1n) is 26.8. The van der Waals surface area contributed by atoms with Crippen LogP contribution in [0.4, 0.5) is 9.59 Å². The fourth-order valence-corrected chi connectivity index (χ4v) is 10.6. The second-order valence-corrected chi connectivity index (χ2v) is 22.8. The van der Waals surface area contributed by atoms with E-state index in [9.17, 15) is 72.6 Å². The Hall–Kier alpha value is -7.44. The summed E-state index contributed by atoms with van der Waals surface area (Å²) < 4.78 is 25.3. The molecular weight excluding hydrogens is 1080 g/mol. The van der Waals surface area contributed by atoms with Crippen LogP contribution in [0.1, 0.15) is 92.1 Å². The van der Waals surface area contributed by atoms with Crippen molar-refractivity contribution in [3.63, 3.8) is 0 Å². The number of carbonyl (C=O) groups is 11. The molecule has 0 saturated carbocycles. The molecule has 1 saturated heterocycles. The van der Waals surface area contributed by atoms with Crippen molar-refractivity contribution in [3.05, 3.63) is 23.8 Å². The molecule has 1 fully saturated rings. The lowest BCUT2D eigenvalue weighted by atomic mass is 9.93. The van der Waals surface area contributed by atoms with Gasteiger partial charge in [0.05, 0.1) is 37.2 Å². The number of hydrogen-bond donors (Lipinski definition) is 14. The van der Waals surface area contributed by atoms with E-state index in [1.165, 1.54) is 25.1 Å². The van der Waals surface area contributed by atoms with E-state index in [4.69, 9.17) is 15.2 Å². The summed E-state index contributed by atoms with van der Waals surface area (Å²) in [7, 11) is 0. The van der Waals surface area contributed by atoms with Crippen molar-refractivity contribution in [2.45, 2.75) is 152 Å². The number of hydrogen-bond acceptors (Lipinski definition) is 17. The summed E-state index contributed by atoms with van der Waals surface area (Å²) in [5, 5.41) is 55.4. The number of amides is 11. The number of fused-ring (bicyclic) bond motifs is 5. The normalized spacial score (nSPS) is 25.0. The smallest absolute Gasteiger partial charge is 0.407 e. The van der Waals surface area contributed by atoms with E-state index in [-0.39, 0.29) is 33.8 Å². The Labute approximate surface area is 470 Å². The number of aromatic amines is 1. The van der Waals surface area contributed by atoms with E-state index >= 15 is 0 Å². The molecule has 0 spiro atoms. The van der Waals surface area contributed by atoms with Crippen LogP contribution in [0.5, 0.6) is 5.75 Å². The van der Waals surface area contributed by atoms with Gasteiger partial charge in [0.25, 0.3) is 0 Å². The summed E-state index contributed by atoms with van der Waals surface area (Å²) in [6.45, 7) is 7.58. The van der Waals surface area contributed by atoms with Crippen molar-refractivity contribution in [2.75, 3.05) is 45.1 Å². The van der Waals surface area contributed by atoms with E-state index < -0.39 is 194 Å². The number of alkyl carbamates (subject to hydrolysis) is 2. The van der Waals surface area contributed by atoms with Crippen molar-refractivity contribution in [3.8, 4) is 5.75 Å². The lowest BCUT2D eigenvalue weighted by molar-refractivity contribution is -0.144. The summed E-state index contributed by atoms with van der Waals surface area (Å²) in [6.07, 6.45) is -3.67. The zero-order valence-corrected chi connectivity index (χ0v) is 46.9. The molecule has 2 bridgehead atoms. The summed E-state index contributed by atoms with van der Waals surface area (Å²) in [5.41, 5.74) is 5.10. The third-order valence-corrected chi connectivity index (χ3v) is 15.2. The fourth-order valence-electron chi connectivity index (χ4n) is 9.20. The Morgan fingerprint density at radius 3 is 2.11 bits per heavy atom. The van der Waals surface area contributed by atoms with Crippen molar-refractivity contribution in [1.82, 2.24) is 57.7 Å². The second kappa shape index (κ2) is 29.3. The van der Waals surface area contributed by atoms with Gasteiger partial charge in [-0.15, -0.1) is 0 Å². The molecule has 3 aliphatic rings. The topological polar surface area (TPSA) is 443 Å². The monoisotopic (exact) mass is 1160 g/mol. The maximum atomic E-state index is 14.9. The van der Waals surface area contributed by atoms with E-state index in [0.717, 1.165) is 4.90 Å². The summed E-state index contributed by atoms with van der Waals surface area (Å²) in [6, 6.07) is -6.38. The molecule has 11 amide bonds. The number of aliphatic hydroxyl groups excluding tert-OH is 2. The Morgan fingerprint density at radius 2 is 1.47 bits per heavy atom. The molecule has 4 heterocycles. The third kappa shape index (κ3) is 18.8. The minimum Gasteiger partial charge on any atom is -0.610 e. The van der Waals surface area contributed by atoms with Gasteiger partial charge in [-0.05, 0) is 51.7 Å². The number of unbranched alkanes of at least 4 members (excludes halogenated alkanes) is 3.